The minimum Gasteiger partial charge on any atom is -0.329 e. The SMILES string of the molecule is CC1CN(C2(CN)CC(C)N(C)C2)CC1N(C)C. The average molecular weight is 254 g/mol. The van der Waals surface area contributed by atoms with Gasteiger partial charge in [-0.05, 0) is 40.4 Å². The maximum Gasteiger partial charge on any atom is 0.0473 e. The highest BCUT2D eigenvalue weighted by atomic mass is 15.3. The Bertz CT molecular complexity index is 282. The van der Waals surface area contributed by atoms with Crippen LogP contribution in [-0.4, -0.2) is 79.6 Å². The van der Waals surface area contributed by atoms with Crippen molar-refractivity contribution >= 4 is 0 Å². The molecule has 2 aliphatic heterocycles. The lowest BCUT2D eigenvalue weighted by Gasteiger charge is -2.38. The van der Waals surface area contributed by atoms with Gasteiger partial charge in [0.1, 0.15) is 0 Å². The summed E-state index contributed by atoms with van der Waals surface area (Å²) in [6.45, 7) is 8.97. The summed E-state index contributed by atoms with van der Waals surface area (Å²) in [7, 11) is 6.62. The summed E-state index contributed by atoms with van der Waals surface area (Å²) < 4.78 is 0. The Morgan fingerprint density at radius 3 is 2.33 bits per heavy atom. The Morgan fingerprint density at radius 1 is 1.28 bits per heavy atom. The van der Waals surface area contributed by atoms with Gasteiger partial charge in [-0.3, -0.25) is 4.90 Å². The van der Waals surface area contributed by atoms with E-state index in [1.165, 1.54) is 19.5 Å². The Hall–Kier alpha value is -0.160. The second-order valence-corrected chi connectivity index (χ2v) is 6.81. The molecule has 4 heteroatoms. The zero-order valence-corrected chi connectivity index (χ0v) is 12.7. The lowest BCUT2D eigenvalue weighted by molar-refractivity contribution is 0.121. The average Bonchev–Trinajstić information content (AvgIpc) is 2.82. The van der Waals surface area contributed by atoms with Crippen molar-refractivity contribution in [3.63, 3.8) is 0 Å². The fourth-order valence-electron chi connectivity index (χ4n) is 3.91. The molecule has 0 spiro atoms. The number of likely N-dealkylation sites (tertiary alicyclic amines) is 2. The molecule has 2 heterocycles. The molecule has 2 aliphatic rings. The van der Waals surface area contributed by atoms with Crippen molar-refractivity contribution in [2.75, 3.05) is 47.3 Å². The summed E-state index contributed by atoms with van der Waals surface area (Å²) in [5.74, 6) is 0.740. The molecule has 0 aromatic rings. The molecule has 2 N–H and O–H groups in total. The number of hydrogen-bond acceptors (Lipinski definition) is 4. The summed E-state index contributed by atoms with van der Waals surface area (Å²) in [6, 6.07) is 1.33. The number of likely N-dealkylation sites (N-methyl/N-ethyl adjacent to an activating group) is 2. The Morgan fingerprint density at radius 2 is 1.94 bits per heavy atom. The van der Waals surface area contributed by atoms with Gasteiger partial charge in [0, 0.05) is 43.8 Å². The fourth-order valence-corrected chi connectivity index (χ4v) is 3.91. The smallest absolute Gasteiger partial charge is 0.0473 e. The van der Waals surface area contributed by atoms with Crippen molar-refractivity contribution in [3.05, 3.63) is 0 Å². The lowest BCUT2D eigenvalue weighted by Crippen LogP contribution is -2.55. The minimum atomic E-state index is 0.215. The second kappa shape index (κ2) is 5.08. The van der Waals surface area contributed by atoms with E-state index in [1.807, 2.05) is 0 Å². The molecule has 0 aromatic carbocycles. The molecule has 0 amide bonds. The predicted molar refractivity (Wildman–Crippen MR) is 76.7 cm³/mol. The second-order valence-electron chi connectivity index (χ2n) is 6.81. The molecule has 4 nitrogen and oxygen atoms in total. The van der Waals surface area contributed by atoms with Crippen molar-refractivity contribution in [1.82, 2.24) is 14.7 Å². The van der Waals surface area contributed by atoms with Crippen LogP contribution in [-0.2, 0) is 0 Å². The van der Waals surface area contributed by atoms with E-state index in [1.54, 1.807) is 0 Å². The van der Waals surface area contributed by atoms with E-state index in [4.69, 9.17) is 5.73 Å². The third-order valence-corrected chi connectivity index (χ3v) is 5.26. The van der Waals surface area contributed by atoms with E-state index in [-0.39, 0.29) is 5.54 Å². The largest absolute Gasteiger partial charge is 0.329 e. The Balaban J connectivity index is 2.11. The molecule has 4 unspecified atom stereocenters. The summed E-state index contributed by atoms with van der Waals surface area (Å²) in [6.07, 6.45) is 1.22. The van der Waals surface area contributed by atoms with Crippen molar-refractivity contribution in [2.24, 2.45) is 11.7 Å². The first-order valence-corrected chi connectivity index (χ1v) is 7.21. The van der Waals surface area contributed by atoms with Crippen LogP contribution in [0.3, 0.4) is 0 Å². The molecule has 2 rings (SSSR count). The summed E-state index contributed by atoms with van der Waals surface area (Å²) in [5, 5.41) is 0. The van der Waals surface area contributed by atoms with Gasteiger partial charge in [-0.1, -0.05) is 6.92 Å². The number of hydrogen-bond donors (Lipinski definition) is 1. The van der Waals surface area contributed by atoms with Gasteiger partial charge in [-0.25, -0.2) is 0 Å². The molecule has 0 saturated carbocycles. The summed E-state index contributed by atoms with van der Waals surface area (Å²) >= 11 is 0. The molecule has 0 aromatic heterocycles. The number of nitrogens with zero attached hydrogens (tertiary/aromatic N) is 3. The molecule has 0 bridgehead atoms. The highest BCUT2D eigenvalue weighted by Gasteiger charge is 2.48. The zero-order chi connectivity index (χ0) is 13.5. The fraction of sp³-hybridized carbons (Fsp3) is 1.00. The maximum atomic E-state index is 6.16. The molecule has 2 saturated heterocycles. The Kier molecular flexibility index (Phi) is 4.02. The van der Waals surface area contributed by atoms with Gasteiger partial charge in [0.2, 0.25) is 0 Å². The normalized spacial score (nSPS) is 43.2. The van der Waals surface area contributed by atoms with Gasteiger partial charge >= 0.3 is 0 Å². The zero-order valence-electron chi connectivity index (χ0n) is 12.7. The molecular formula is C14H30N4. The van der Waals surface area contributed by atoms with Gasteiger partial charge in [-0.15, -0.1) is 0 Å². The van der Waals surface area contributed by atoms with Crippen LogP contribution in [0.15, 0.2) is 0 Å². The summed E-state index contributed by atoms with van der Waals surface area (Å²) in [5.41, 5.74) is 6.37. The van der Waals surface area contributed by atoms with Gasteiger partial charge in [0.15, 0.2) is 0 Å². The van der Waals surface area contributed by atoms with Crippen LogP contribution in [0.5, 0.6) is 0 Å². The molecule has 18 heavy (non-hydrogen) atoms. The van der Waals surface area contributed by atoms with Crippen LogP contribution in [0, 0.1) is 5.92 Å². The van der Waals surface area contributed by atoms with Gasteiger partial charge in [0.25, 0.3) is 0 Å². The topological polar surface area (TPSA) is 35.7 Å². The van der Waals surface area contributed by atoms with Crippen LogP contribution < -0.4 is 5.73 Å². The molecule has 4 atom stereocenters. The van der Waals surface area contributed by atoms with Gasteiger partial charge < -0.3 is 15.5 Å². The third-order valence-electron chi connectivity index (χ3n) is 5.26. The summed E-state index contributed by atoms with van der Waals surface area (Å²) in [4.78, 5) is 7.50. The van der Waals surface area contributed by atoms with Crippen molar-refractivity contribution in [2.45, 2.75) is 37.9 Å². The molecule has 0 aliphatic carbocycles. The third kappa shape index (κ3) is 2.31. The van der Waals surface area contributed by atoms with E-state index < -0.39 is 0 Å². The van der Waals surface area contributed by atoms with E-state index >= 15 is 0 Å². The highest BCUT2D eigenvalue weighted by molar-refractivity contribution is 5.06. The molecule has 0 radical (unpaired) electrons. The highest BCUT2D eigenvalue weighted by Crippen LogP contribution is 2.35. The van der Waals surface area contributed by atoms with Crippen LogP contribution in [0.1, 0.15) is 20.3 Å². The first-order valence-electron chi connectivity index (χ1n) is 7.21. The van der Waals surface area contributed by atoms with Crippen molar-refractivity contribution in [1.29, 1.82) is 0 Å². The van der Waals surface area contributed by atoms with Crippen molar-refractivity contribution in [3.8, 4) is 0 Å². The maximum absolute atomic E-state index is 6.16. The lowest BCUT2D eigenvalue weighted by atomic mass is 9.94. The van der Waals surface area contributed by atoms with E-state index in [9.17, 15) is 0 Å². The van der Waals surface area contributed by atoms with Gasteiger partial charge in [-0.2, -0.15) is 0 Å². The molecular weight excluding hydrogens is 224 g/mol. The molecule has 106 valence electrons. The standard InChI is InChI=1S/C14H30N4/c1-11-7-18(8-13(11)16(3)4)14(9-15)6-12(2)17(5)10-14/h11-13H,6-10,15H2,1-5H3. The van der Waals surface area contributed by atoms with Crippen LogP contribution in [0.25, 0.3) is 0 Å². The van der Waals surface area contributed by atoms with E-state index in [2.05, 4.69) is 49.7 Å². The van der Waals surface area contributed by atoms with Crippen LogP contribution >= 0.6 is 0 Å². The monoisotopic (exact) mass is 254 g/mol. The predicted octanol–water partition coefficient (Wildman–Crippen LogP) is 0.290. The quantitative estimate of drug-likeness (QED) is 0.785. The minimum absolute atomic E-state index is 0.215. The Labute approximate surface area is 112 Å². The van der Waals surface area contributed by atoms with Gasteiger partial charge in [0.05, 0.1) is 0 Å². The van der Waals surface area contributed by atoms with Crippen LogP contribution in [0.4, 0.5) is 0 Å². The van der Waals surface area contributed by atoms with Crippen LogP contribution in [0.2, 0.25) is 0 Å². The van der Waals surface area contributed by atoms with Crippen molar-refractivity contribution < 1.29 is 0 Å². The first kappa shape index (κ1) is 14.3. The first-order chi connectivity index (χ1) is 8.39. The van der Waals surface area contributed by atoms with E-state index in [0.717, 1.165) is 19.0 Å². The number of rotatable bonds is 3. The van der Waals surface area contributed by atoms with E-state index in [0.29, 0.717) is 12.1 Å². The molecule has 2 fully saturated rings. The number of nitrogens with two attached hydrogens (primary N) is 1.